The highest BCUT2D eigenvalue weighted by atomic mass is 32.2. The van der Waals surface area contributed by atoms with Gasteiger partial charge < -0.3 is 4.74 Å². The van der Waals surface area contributed by atoms with Gasteiger partial charge in [-0.2, -0.15) is 4.31 Å². The fourth-order valence-corrected chi connectivity index (χ4v) is 5.62. The molecular formula is C23H20N2O3S. The molecule has 1 fully saturated rings. The van der Waals surface area contributed by atoms with Gasteiger partial charge in [-0.1, -0.05) is 54.6 Å². The quantitative estimate of drug-likeness (QED) is 0.511. The van der Waals surface area contributed by atoms with Crippen LogP contribution in [0, 0.1) is 0 Å². The molecule has 1 atom stereocenters. The summed E-state index contributed by atoms with van der Waals surface area (Å²) in [5.74, 6) is 0.692. The topological polar surface area (TPSA) is 59.5 Å². The summed E-state index contributed by atoms with van der Waals surface area (Å²) in [5.41, 5.74) is 0.797. The molecule has 1 aliphatic rings. The summed E-state index contributed by atoms with van der Waals surface area (Å²) < 4.78 is 34.3. The minimum Gasteiger partial charge on any atom is -0.487 e. The number of hydrogen-bond acceptors (Lipinski definition) is 4. The zero-order valence-electron chi connectivity index (χ0n) is 15.7. The van der Waals surface area contributed by atoms with Gasteiger partial charge >= 0.3 is 0 Å². The number of fused-ring (bicyclic) bond motifs is 2. The summed E-state index contributed by atoms with van der Waals surface area (Å²) in [6, 6.07) is 22.6. The van der Waals surface area contributed by atoms with Crippen molar-refractivity contribution in [3.63, 3.8) is 0 Å². The van der Waals surface area contributed by atoms with Crippen LogP contribution in [0.15, 0.2) is 83.9 Å². The number of rotatable bonds is 4. The molecule has 3 aromatic carbocycles. The van der Waals surface area contributed by atoms with E-state index in [-0.39, 0.29) is 6.10 Å². The van der Waals surface area contributed by atoms with Crippen LogP contribution in [0.25, 0.3) is 21.7 Å². The highest BCUT2D eigenvalue weighted by Gasteiger charge is 2.34. The molecule has 1 saturated heterocycles. The van der Waals surface area contributed by atoms with E-state index < -0.39 is 10.0 Å². The summed E-state index contributed by atoms with van der Waals surface area (Å²) in [6.07, 6.45) is 2.18. The van der Waals surface area contributed by atoms with Gasteiger partial charge in [-0.25, -0.2) is 8.42 Å². The van der Waals surface area contributed by atoms with Crippen LogP contribution in [0.5, 0.6) is 5.75 Å². The Morgan fingerprint density at radius 1 is 0.897 bits per heavy atom. The van der Waals surface area contributed by atoms with E-state index in [0.29, 0.717) is 30.2 Å². The van der Waals surface area contributed by atoms with Crippen molar-refractivity contribution in [2.24, 2.45) is 0 Å². The number of hydrogen-bond donors (Lipinski definition) is 0. The maximum absolute atomic E-state index is 13.3. The highest BCUT2D eigenvalue weighted by Crippen LogP contribution is 2.30. The van der Waals surface area contributed by atoms with E-state index in [2.05, 4.69) is 4.98 Å². The van der Waals surface area contributed by atoms with Crippen molar-refractivity contribution < 1.29 is 13.2 Å². The molecule has 4 aromatic rings. The Morgan fingerprint density at radius 2 is 1.66 bits per heavy atom. The number of pyridine rings is 1. The van der Waals surface area contributed by atoms with E-state index >= 15 is 0 Å². The zero-order chi connectivity index (χ0) is 19.8. The van der Waals surface area contributed by atoms with Gasteiger partial charge in [0.1, 0.15) is 17.4 Å². The van der Waals surface area contributed by atoms with Crippen LogP contribution in [0.2, 0.25) is 0 Å². The van der Waals surface area contributed by atoms with Crippen LogP contribution in [-0.2, 0) is 10.0 Å². The van der Waals surface area contributed by atoms with E-state index in [4.69, 9.17) is 4.74 Å². The Hall–Kier alpha value is -2.96. The number of para-hydroxylation sites is 1. The van der Waals surface area contributed by atoms with Gasteiger partial charge in [0, 0.05) is 23.5 Å². The van der Waals surface area contributed by atoms with Gasteiger partial charge in [0.05, 0.1) is 11.4 Å². The molecule has 0 aliphatic carbocycles. The van der Waals surface area contributed by atoms with E-state index in [9.17, 15) is 8.42 Å². The van der Waals surface area contributed by atoms with Crippen molar-refractivity contribution in [1.82, 2.24) is 9.29 Å². The molecule has 2 heterocycles. The van der Waals surface area contributed by atoms with Crippen molar-refractivity contribution in [2.75, 3.05) is 13.1 Å². The molecule has 1 unspecified atom stereocenters. The van der Waals surface area contributed by atoms with Gasteiger partial charge in [0.15, 0.2) is 0 Å². The molecule has 0 N–H and O–H groups in total. The Balaban J connectivity index is 1.41. The predicted molar refractivity (Wildman–Crippen MR) is 113 cm³/mol. The summed E-state index contributed by atoms with van der Waals surface area (Å²) in [4.78, 5) is 4.77. The number of nitrogens with zero attached hydrogens (tertiary/aromatic N) is 2. The Bertz CT molecular complexity index is 1290. The van der Waals surface area contributed by atoms with Crippen LogP contribution >= 0.6 is 0 Å². The Kier molecular flexibility index (Phi) is 4.45. The molecule has 0 amide bonds. The van der Waals surface area contributed by atoms with Gasteiger partial charge in [-0.3, -0.25) is 4.98 Å². The monoisotopic (exact) mass is 404 g/mol. The lowest BCUT2D eigenvalue weighted by molar-refractivity contribution is 0.218. The van der Waals surface area contributed by atoms with Crippen molar-refractivity contribution in [1.29, 1.82) is 0 Å². The lowest BCUT2D eigenvalue weighted by atomic mass is 10.1. The third-order valence-corrected chi connectivity index (χ3v) is 7.29. The molecule has 0 bridgehead atoms. The van der Waals surface area contributed by atoms with Crippen molar-refractivity contribution in [3.8, 4) is 5.75 Å². The van der Waals surface area contributed by atoms with E-state index in [1.807, 2.05) is 60.7 Å². The minimum absolute atomic E-state index is 0.202. The maximum Gasteiger partial charge on any atom is 0.243 e. The SMILES string of the molecule is O=S(=O)(c1cccc2ccccc12)N1CCC(Oc2cccc3cccnc23)C1. The maximum atomic E-state index is 13.3. The number of benzene rings is 3. The predicted octanol–water partition coefficient (Wildman–Crippen LogP) is 4.23. The first-order valence-corrected chi connectivity index (χ1v) is 11.1. The molecule has 29 heavy (non-hydrogen) atoms. The summed E-state index contributed by atoms with van der Waals surface area (Å²) in [5, 5.41) is 2.67. The van der Waals surface area contributed by atoms with Crippen LogP contribution in [0.3, 0.4) is 0 Å². The molecule has 1 aliphatic heterocycles. The van der Waals surface area contributed by atoms with Crippen LogP contribution in [0.1, 0.15) is 6.42 Å². The van der Waals surface area contributed by atoms with E-state index in [0.717, 1.165) is 21.7 Å². The molecule has 5 nitrogen and oxygen atoms in total. The minimum atomic E-state index is -3.60. The van der Waals surface area contributed by atoms with Gasteiger partial charge in [-0.05, 0) is 30.0 Å². The molecule has 5 rings (SSSR count). The van der Waals surface area contributed by atoms with Gasteiger partial charge in [0.2, 0.25) is 10.0 Å². The number of aromatic nitrogens is 1. The first kappa shape index (κ1) is 18.1. The van der Waals surface area contributed by atoms with Crippen LogP contribution in [0.4, 0.5) is 0 Å². The first-order valence-electron chi connectivity index (χ1n) is 9.61. The summed E-state index contributed by atoms with van der Waals surface area (Å²) in [7, 11) is -3.60. The first-order chi connectivity index (χ1) is 14.1. The number of ether oxygens (including phenoxy) is 1. The second kappa shape index (κ2) is 7.13. The largest absolute Gasteiger partial charge is 0.487 e. The molecule has 1 aromatic heterocycles. The fourth-order valence-electron chi connectivity index (χ4n) is 3.92. The average molecular weight is 404 g/mol. The Morgan fingerprint density at radius 3 is 2.59 bits per heavy atom. The highest BCUT2D eigenvalue weighted by molar-refractivity contribution is 7.89. The van der Waals surface area contributed by atoms with Crippen molar-refractivity contribution in [2.45, 2.75) is 17.4 Å². The second-order valence-corrected chi connectivity index (χ2v) is 9.11. The fraction of sp³-hybridized carbons (Fsp3) is 0.174. The van der Waals surface area contributed by atoms with E-state index in [1.54, 1.807) is 18.3 Å². The van der Waals surface area contributed by atoms with Crippen molar-refractivity contribution >= 4 is 31.7 Å². The molecule has 0 spiro atoms. The summed E-state index contributed by atoms with van der Waals surface area (Å²) >= 11 is 0. The Labute approximate surface area is 169 Å². The third kappa shape index (κ3) is 3.24. The lowest BCUT2D eigenvalue weighted by Gasteiger charge is -2.19. The molecule has 0 saturated carbocycles. The second-order valence-electron chi connectivity index (χ2n) is 7.20. The van der Waals surface area contributed by atoms with Crippen molar-refractivity contribution in [3.05, 3.63) is 79.0 Å². The summed E-state index contributed by atoms with van der Waals surface area (Å²) in [6.45, 7) is 0.767. The van der Waals surface area contributed by atoms with Crippen LogP contribution in [-0.4, -0.2) is 36.9 Å². The van der Waals surface area contributed by atoms with E-state index in [1.165, 1.54) is 4.31 Å². The smallest absolute Gasteiger partial charge is 0.243 e. The van der Waals surface area contributed by atoms with Gasteiger partial charge in [-0.15, -0.1) is 0 Å². The normalized spacial score (nSPS) is 17.7. The standard InChI is InChI=1S/C23H20N2O3S/c26-29(27,22-12-4-7-17-6-1-2-10-20(17)22)25-15-13-19(16-25)28-21-11-3-8-18-9-5-14-24-23(18)21/h1-12,14,19H,13,15-16H2. The molecule has 146 valence electrons. The lowest BCUT2D eigenvalue weighted by Crippen LogP contribution is -2.31. The molecule has 0 radical (unpaired) electrons. The third-order valence-electron chi connectivity index (χ3n) is 5.36. The molecule has 6 heteroatoms. The number of sulfonamides is 1. The van der Waals surface area contributed by atoms with Crippen LogP contribution < -0.4 is 4.74 Å². The average Bonchev–Trinajstić information content (AvgIpc) is 3.23. The molecular weight excluding hydrogens is 384 g/mol. The zero-order valence-corrected chi connectivity index (χ0v) is 16.5. The van der Waals surface area contributed by atoms with Gasteiger partial charge in [0.25, 0.3) is 0 Å².